The number of hydrogen-bond acceptors (Lipinski definition) is 5. The molecule has 0 spiro atoms. The molecule has 0 aromatic carbocycles. The van der Waals surface area contributed by atoms with E-state index < -0.39 is 6.41 Å². The van der Waals surface area contributed by atoms with Gasteiger partial charge >= 0.3 is 0 Å². The first-order valence-electron chi connectivity index (χ1n) is 7.45. The lowest BCUT2D eigenvalue weighted by atomic mass is 9.99. The summed E-state index contributed by atoms with van der Waals surface area (Å²) in [5, 5.41) is 13.8. The Balaban J connectivity index is 2.53. The molecule has 1 aliphatic heterocycles. The van der Waals surface area contributed by atoms with Crippen LogP contribution in [0.3, 0.4) is 0 Å². The van der Waals surface area contributed by atoms with E-state index in [1.807, 2.05) is 27.8 Å². The van der Waals surface area contributed by atoms with Crippen molar-refractivity contribution in [3.05, 3.63) is 0 Å². The fraction of sp³-hybridized carbons (Fsp3) is 1.00. The van der Waals surface area contributed by atoms with Crippen molar-refractivity contribution in [1.82, 2.24) is 13.3 Å². The van der Waals surface area contributed by atoms with Crippen molar-refractivity contribution >= 4 is 22.9 Å². The van der Waals surface area contributed by atoms with Gasteiger partial charge in [0.2, 0.25) is 6.41 Å². The van der Waals surface area contributed by atoms with E-state index in [1.54, 1.807) is 0 Å². The summed E-state index contributed by atoms with van der Waals surface area (Å²) in [6.07, 6.45) is 1.63. The van der Waals surface area contributed by atoms with Crippen LogP contribution in [0.25, 0.3) is 0 Å². The maximum Gasteiger partial charge on any atom is 0.216 e. The SMILES string of the molecule is CN(I)CCN(CC1CCCNC1)C(O)OC(C)(C)C. The Bertz CT molecular complexity index is 266. The van der Waals surface area contributed by atoms with Crippen LogP contribution in [0.4, 0.5) is 0 Å². The van der Waals surface area contributed by atoms with Crippen molar-refractivity contribution in [3.8, 4) is 0 Å². The maximum atomic E-state index is 10.4. The van der Waals surface area contributed by atoms with Crippen molar-refractivity contribution in [3.63, 3.8) is 0 Å². The topological polar surface area (TPSA) is 48.0 Å². The molecule has 2 atom stereocenters. The number of piperidine rings is 1. The van der Waals surface area contributed by atoms with Crippen LogP contribution in [-0.4, -0.2) is 64.9 Å². The minimum absolute atomic E-state index is 0.335. The third-order valence-corrected chi connectivity index (χ3v) is 3.84. The Kier molecular flexibility index (Phi) is 8.22. The summed E-state index contributed by atoms with van der Waals surface area (Å²) in [7, 11) is 2.04. The first-order valence-corrected chi connectivity index (χ1v) is 8.42. The zero-order valence-electron chi connectivity index (χ0n) is 13.2. The summed E-state index contributed by atoms with van der Waals surface area (Å²) < 4.78 is 7.82. The zero-order chi connectivity index (χ0) is 15.2. The fourth-order valence-electron chi connectivity index (χ4n) is 2.36. The molecule has 20 heavy (non-hydrogen) atoms. The largest absolute Gasteiger partial charge is 0.356 e. The summed E-state index contributed by atoms with van der Waals surface area (Å²) in [5.41, 5.74) is -0.335. The number of aliphatic hydroxyl groups is 1. The molecule has 0 aromatic heterocycles. The van der Waals surface area contributed by atoms with Gasteiger partial charge in [-0.3, -0.25) is 4.90 Å². The maximum absolute atomic E-state index is 10.4. The number of likely N-dealkylation sites (N-methyl/N-ethyl adjacent to an activating group) is 1. The van der Waals surface area contributed by atoms with Crippen LogP contribution in [0.1, 0.15) is 33.6 Å². The van der Waals surface area contributed by atoms with Gasteiger partial charge in [-0.2, -0.15) is 0 Å². The van der Waals surface area contributed by atoms with Crippen LogP contribution in [-0.2, 0) is 4.74 Å². The molecule has 0 aliphatic carbocycles. The molecule has 1 rings (SSSR count). The van der Waals surface area contributed by atoms with Gasteiger partial charge in [0.25, 0.3) is 0 Å². The van der Waals surface area contributed by atoms with Crippen LogP contribution in [0.15, 0.2) is 0 Å². The first-order chi connectivity index (χ1) is 9.28. The summed E-state index contributed by atoms with van der Waals surface area (Å²) in [6.45, 7) is 10.7. The molecular weight excluding hydrogens is 369 g/mol. The molecule has 0 amide bonds. The Morgan fingerprint density at radius 2 is 2.10 bits per heavy atom. The molecule has 2 unspecified atom stereocenters. The van der Waals surface area contributed by atoms with Gasteiger partial charge in [0, 0.05) is 42.5 Å². The smallest absolute Gasteiger partial charge is 0.216 e. The average Bonchev–Trinajstić information content (AvgIpc) is 2.33. The van der Waals surface area contributed by atoms with Crippen LogP contribution in [0, 0.1) is 5.92 Å². The van der Waals surface area contributed by atoms with Crippen LogP contribution >= 0.6 is 22.9 Å². The molecule has 2 N–H and O–H groups in total. The van der Waals surface area contributed by atoms with Gasteiger partial charge in [-0.15, -0.1) is 0 Å². The lowest BCUT2D eigenvalue weighted by molar-refractivity contribution is -0.241. The molecule has 0 saturated carbocycles. The number of hydrogen-bond donors (Lipinski definition) is 2. The van der Waals surface area contributed by atoms with Crippen molar-refractivity contribution < 1.29 is 9.84 Å². The number of aliphatic hydroxyl groups excluding tert-OH is 1. The van der Waals surface area contributed by atoms with Gasteiger partial charge in [-0.1, -0.05) is 0 Å². The Hall–Kier alpha value is 0.530. The van der Waals surface area contributed by atoms with Crippen LogP contribution in [0.2, 0.25) is 0 Å². The van der Waals surface area contributed by atoms with E-state index in [2.05, 4.69) is 36.2 Å². The Morgan fingerprint density at radius 3 is 2.60 bits per heavy atom. The predicted octanol–water partition coefficient (Wildman–Crippen LogP) is 1.66. The molecule has 6 heteroatoms. The Morgan fingerprint density at radius 1 is 1.40 bits per heavy atom. The first kappa shape index (κ1) is 18.6. The third-order valence-electron chi connectivity index (χ3n) is 3.36. The van der Waals surface area contributed by atoms with Gasteiger partial charge in [0.05, 0.1) is 5.60 Å². The second-order valence-electron chi connectivity index (χ2n) is 6.59. The molecule has 1 saturated heterocycles. The number of halogens is 1. The fourth-order valence-corrected chi connectivity index (χ4v) is 2.58. The van der Waals surface area contributed by atoms with E-state index in [4.69, 9.17) is 4.74 Å². The molecule has 1 aliphatic rings. The number of ether oxygens (including phenoxy) is 1. The third kappa shape index (κ3) is 8.09. The van der Waals surface area contributed by atoms with Crippen LogP contribution < -0.4 is 5.32 Å². The highest BCUT2D eigenvalue weighted by Gasteiger charge is 2.25. The van der Waals surface area contributed by atoms with E-state index in [1.165, 1.54) is 12.8 Å². The van der Waals surface area contributed by atoms with Gasteiger partial charge in [0.15, 0.2) is 0 Å². The second kappa shape index (κ2) is 8.85. The molecule has 0 aromatic rings. The van der Waals surface area contributed by atoms with Crippen LogP contribution in [0.5, 0.6) is 0 Å². The van der Waals surface area contributed by atoms with E-state index in [-0.39, 0.29) is 5.60 Å². The van der Waals surface area contributed by atoms with Crippen molar-refractivity contribution in [2.24, 2.45) is 5.92 Å². The van der Waals surface area contributed by atoms with Gasteiger partial charge in [0.1, 0.15) is 0 Å². The van der Waals surface area contributed by atoms with Gasteiger partial charge < -0.3 is 15.2 Å². The molecule has 5 nitrogen and oxygen atoms in total. The number of nitrogens with zero attached hydrogens (tertiary/aromatic N) is 2. The zero-order valence-corrected chi connectivity index (χ0v) is 15.4. The average molecular weight is 399 g/mol. The molecule has 0 radical (unpaired) electrons. The molecule has 1 fully saturated rings. The summed E-state index contributed by atoms with van der Waals surface area (Å²) in [6, 6.07) is 0. The van der Waals surface area contributed by atoms with E-state index in [9.17, 15) is 5.11 Å². The molecule has 1 heterocycles. The predicted molar refractivity (Wildman–Crippen MR) is 90.7 cm³/mol. The lowest BCUT2D eigenvalue weighted by Gasteiger charge is -2.36. The highest BCUT2D eigenvalue weighted by atomic mass is 127. The number of rotatable bonds is 7. The Labute approximate surface area is 137 Å². The molecule has 120 valence electrons. The highest BCUT2D eigenvalue weighted by molar-refractivity contribution is 14.1. The summed E-state index contributed by atoms with van der Waals surface area (Å²) >= 11 is 2.27. The van der Waals surface area contributed by atoms with Crippen molar-refractivity contribution in [2.75, 3.05) is 39.8 Å². The van der Waals surface area contributed by atoms with Gasteiger partial charge in [-0.05, 0) is 59.7 Å². The van der Waals surface area contributed by atoms with Crippen molar-refractivity contribution in [2.45, 2.75) is 45.6 Å². The number of nitrogens with one attached hydrogen (secondary N) is 1. The summed E-state index contributed by atoms with van der Waals surface area (Å²) in [4.78, 5) is 2.05. The normalized spacial score (nSPS) is 22.5. The van der Waals surface area contributed by atoms with E-state index in [0.717, 1.165) is 32.7 Å². The monoisotopic (exact) mass is 399 g/mol. The minimum Gasteiger partial charge on any atom is -0.356 e. The quantitative estimate of drug-likeness (QED) is 0.388. The standard InChI is InChI=1S/C14H30IN3O2/c1-14(2,3)20-13(19)18(9-8-17(4)15)11-12-6-5-7-16-10-12/h12-13,16,19H,5-11H2,1-4H3. The highest BCUT2D eigenvalue weighted by Crippen LogP contribution is 2.17. The molecule has 0 bridgehead atoms. The second-order valence-corrected chi connectivity index (χ2v) is 8.24. The van der Waals surface area contributed by atoms with E-state index >= 15 is 0 Å². The van der Waals surface area contributed by atoms with Gasteiger partial charge in [-0.25, -0.2) is 3.11 Å². The minimum atomic E-state index is -0.826. The lowest BCUT2D eigenvalue weighted by Crippen LogP contribution is -2.48. The van der Waals surface area contributed by atoms with E-state index in [0.29, 0.717) is 5.92 Å². The van der Waals surface area contributed by atoms with Crippen molar-refractivity contribution in [1.29, 1.82) is 0 Å². The molecular formula is C14H30IN3O2. The summed E-state index contributed by atoms with van der Waals surface area (Å²) in [5.74, 6) is 0.599.